The summed E-state index contributed by atoms with van der Waals surface area (Å²) in [6, 6.07) is 23.3. The normalized spacial score (nSPS) is 11.0. The molecule has 4 rings (SSSR count). The molecule has 4 aromatic rings. The number of fused-ring (bicyclic) bond motifs is 1. The number of carbonyl (C=O) groups is 1. The van der Waals surface area contributed by atoms with Crippen LogP contribution in [-0.4, -0.2) is 22.0 Å². The highest BCUT2D eigenvalue weighted by molar-refractivity contribution is 7.98. The molecule has 3 aromatic carbocycles. The highest BCUT2D eigenvalue weighted by atomic mass is 32.2. The van der Waals surface area contributed by atoms with Crippen LogP contribution in [0.25, 0.3) is 10.9 Å². The molecule has 0 aliphatic heterocycles. The molecule has 0 fully saturated rings. The van der Waals surface area contributed by atoms with Gasteiger partial charge in [0, 0.05) is 17.9 Å². The second-order valence-electron chi connectivity index (χ2n) is 8.03. The largest absolute Gasteiger partial charge is 0.352 e. The predicted molar refractivity (Wildman–Crippen MR) is 135 cm³/mol. The van der Waals surface area contributed by atoms with Gasteiger partial charge in [-0.3, -0.25) is 14.2 Å². The lowest BCUT2D eigenvalue weighted by molar-refractivity contribution is 0.0953. The van der Waals surface area contributed by atoms with Crippen molar-refractivity contribution in [2.24, 2.45) is 0 Å². The van der Waals surface area contributed by atoms with E-state index < -0.39 is 0 Å². The summed E-state index contributed by atoms with van der Waals surface area (Å²) in [6.07, 6.45) is 0.894. The van der Waals surface area contributed by atoms with Crippen LogP contribution in [0, 0.1) is 6.92 Å². The SMILES string of the molecule is CCCNC(=O)c1ccc(Cn2c(SCc3ccc(C)cc3)nc3ccccc3c2=O)cc1. The van der Waals surface area contributed by atoms with Gasteiger partial charge >= 0.3 is 0 Å². The quantitative estimate of drug-likeness (QED) is 0.292. The molecular weight excluding hydrogens is 430 g/mol. The van der Waals surface area contributed by atoms with Gasteiger partial charge in [0.2, 0.25) is 0 Å². The Balaban J connectivity index is 1.63. The summed E-state index contributed by atoms with van der Waals surface area (Å²) < 4.78 is 1.73. The first-order chi connectivity index (χ1) is 16.0. The lowest BCUT2D eigenvalue weighted by Gasteiger charge is -2.14. The molecule has 0 bridgehead atoms. The van der Waals surface area contributed by atoms with Gasteiger partial charge in [-0.2, -0.15) is 0 Å². The van der Waals surface area contributed by atoms with Gasteiger partial charge < -0.3 is 5.32 Å². The summed E-state index contributed by atoms with van der Waals surface area (Å²) in [4.78, 5) is 30.3. The molecule has 5 nitrogen and oxygen atoms in total. The van der Waals surface area contributed by atoms with Crippen molar-refractivity contribution >= 4 is 28.6 Å². The summed E-state index contributed by atoms with van der Waals surface area (Å²) in [5, 5.41) is 4.17. The minimum atomic E-state index is -0.0812. The van der Waals surface area contributed by atoms with E-state index in [0.29, 0.717) is 34.7 Å². The molecule has 0 aliphatic rings. The summed E-state index contributed by atoms with van der Waals surface area (Å²) >= 11 is 1.56. The smallest absolute Gasteiger partial charge is 0.262 e. The molecule has 0 saturated carbocycles. The standard InChI is InChI=1S/C27H27N3O2S/c1-3-16-28-25(31)22-14-12-20(13-15-22)17-30-26(32)23-6-4-5-7-24(23)29-27(30)33-18-21-10-8-19(2)9-11-21/h4-15H,3,16-18H2,1-2H3,(H,28,31). The molecule has 1 heterocycles. The average molecular weight is 458 g/mol. The summed E-state index contributed by atoms with van der Waals surface area (Å²) in [5.41, 5.74) is 4.60. The van der Waals surface area contributed by atoms with Crippen molar-refractivity contribution in [1.29, 1.82) is 0 Å². The lowest BCUT2D eigenvalue weighted by atomic mass is 10.1. The van der Waals surface area contributed by atoms with Crippen LogP contribution < -0.4 is 10.9 Å². The zero-order chi connectivity index (χ0) is 23.2. The monoisotopic (exact) mass is 457 g/mol. The van der Waals surface area contributed by atoms with Gasteiger partial charge in [-0.05, 0) is 48.7 Å². The van der Waals surface area contributed by atoms with Crippen molar-refractivity contribution in [2.75, 3.05) is 6.54 Å². The van der Waals surface area contributed by atoms with Crippen LogP contribution in [0.5, 0.6) is 0 Å². The number of amides is 1. The topological polar surface area (TPSA) is 64.0 Å². The number of nitrogens with zero attached hydrogens (tertiary/aromatic N) is 2. The molecule has 0 saturated heterocycles. The fraction of sp³-hybridized carbons (Fsp3) is 0.222. The summed E-state index contributed by atoms with van der Waals surface area (Å²) in [7, 11) is 0. The van der Waals surface area contributed by atoms with E-state index in [1.807, 2.05) is 43.3 Å². The van der Waals surface area contributed by atoms with Crippen LogP contribution in [0.1, 0.15) is 40.4 Å². The number of thioether (sulfide) groups is 1. The molecule has 1 aromatic heterocycles. The molecule has 0 atom stereocenters. The van der Waals surface area contributed by atoms with E-state index in [0.717, 1.165) is 17.7 Å². The van der Waals surface area contributed by atoms with Gasteiger partial charge in [0.25, 0.3) is 11.5 Å². The zero-order valence-corrected chi connectivity index (χ0v) is 19.7. The molecule has 0 aliphatic carbocycles. The predicted octanol–water partition coefficient (Wildman–Crippen LogP) is 5.19. The van der Waals surface area contributed by atoms with Gasteiger partial charge in [-0.15, -0.1) is 0 Å². The first-order valence-electron chi connectivity index (χ1n) is 11.1. The molecule has 0 radical (unpaired) electrons. The van der Waals surface area contributed by atoms with Gasteiger partial charge in [0.1, 0.15) is 0 Å². The highest BCUT2D eigenvalue weighted by Crippen LogP contribution is 2.23. The Morgan fingerprint density at radius 2 is 1.67 bits per heavy atom. The van der Waals surface area contributed by atoms with Gasteiger partial charge in [-0.1, -0.05) is 72.8 Å². The van der Waals surface area contributed by atoms with Gasteiger partial charge in [0.15, 0.2) is 5.16 Å². The summed E-state index contributed by atoms with van der Waals surface area (Å²) in [5.74, 6) is 0.643. The van der Waals surface area contributed by atoms with E-state index in [4.69, 9.17) is 4.98 Å². The van der Waals surface area contributed by atoms with Crippen molar-refractivity contribution < 1.29 is 4.79 Å². The molecular formula is C27H27N3O2S. The van der Waals surface area contributed by atoms with Crippen molar-refractivity contribution in [3.63, 3.8) is 0 Å². The molecule has 168 valence electrons. The number of carbonyl (C=O) groups excluding carboxylic acids is 1. The molecule has 1 amide bonds. The van der Waals surface area contributed by atoms with Crippen molar-refractivity contribution in [2.45, 2.75) is 37.7 Å². The number of benzene rings is 3. The van der Waals surface area contributed by atoms with E-state index in [1.165, 1.54) is 11.1 Å². The van der Waals surface area contributed by atoms with Crippen LogP contribution in [0.3, 0.4) is 0 Å². The molecule has 0 spiro atoms. The number of aromatic nitrogens is 2. The van der Waals surface area contributed by atoms with Crippen LogP contribution >= 0.6 is 11.8 Å². The number of nitrogens with one attached hydrogen (secondary N) is 1. The van der Waals surface area contributed by atoms with Crippen molar-refractivity contribution in [1.82, 2.24) is 14.9 Å². The molecule has 6 heteroatoms. The number of hydrogen-bond donors (Lipinski definition) is 1. The lowest BCUT2D eigenvalue weighted by Crippen LogP contribution is -2.25. The first kappa shape index (κ1) is 22.8. The number of aryl methyl sites for hydroxylation is 1. The maximum absolute atomic E-state index is 13.3. The Morgan fingerprint density at radius 3 is 2.39 bits per heavy atom. The second kappa shape index (κ2) is 10.5. The Kier molecular flexibility index (Phi) is 7.25. The van der Waals surface area contributed by atoms with Crippen LogP contribution in [0.4, 0.5) is 0 Å². The van der Waals surface area contributed by atoms with Crippen LogP contribution in [0.2, 0.25) is 0 Å². The maximum Gasteiger partial charge on any atom is 0.262 e. The maximum atomic E-state index is 13.3. The van der Waals surface area contributed by atoms with Crippen molar-refractivity contribution in [3.05, 3.63) is 105 Å². The Morgan fingerprint density at radius 1 is 0.970 bits per heavy atom. The van der Waals surface area contributed by atoms with E-state index in [1.54, 1.807) is 28.5 Å². The molecule has 0 unspecified atom stereocenters. The third-order valence-corrected chi connectivity index (χ3v) is 6.46. The third kappa shape index (κ3) is 5.52. The molecule has 33 heavy (non-hydrogen) atoms. The fourth-order valence-corrected chi connectivity index (χ4v) is 4.47. The zero-order valence-electron chi connectivity index (χ0n) is 18.9. The first-order valence-corrected chi connectivity index (χ1v) is 12.1. The average Bonchev–Trinajstić information content (AvgIpc) is 2.84. The second-order valence-corrected chi connectivity index (χ2v) is 8.97. The number of rotatable bonds is 8. The fourth-order valence-electron chi connectivity index (χ4n) is 3.51. The Bertz CT molecular complexity index is 1310. The van der Waals surface area contributed by atoms with Gasteiger partial charge in [0.05, 0.1) is 17.4 Å². The number of para-hydroxylation sites is 1. The van der Waals surface area contributed by atoms with Crippen LogP contribution in [0.15, 0.2) is 82.7 Å². The van der Waals surface area contributed by atoms with E-state index in [-0.39, 0.29) is 11.5 Å². The third-order valence-electron chi connectivity index (χ3n) is 5.41. The Hall–Kier alpha value is -3.38. The minimum absolute atomic E-state index is 0.0585. The molecule has 1 N–H and O–H groups in total. The van der Waals surface area contributed by atoms with Crippen molar-refractivity contribution in [3.8, 4) is 0 Å². The van der Waals surface area contributed by atoms with Gasteiger partial charge in [-0.25, -0.2) is 4.98 Å². The minimum Gasteiger partial charge on any atom is -0.352 e. The van der Waals surface area contributed by atoms with E-state index in [2.05, 4.69) is 36.5 Å². The highest BCUT2D eigenvalue weighted by Gasteiger charge is 2.13. The number of hydrogen-bond acceptors (Lipinski definition) is 4. The Labute approximate surface area is 197 Å². The van der Waals surface area contributed by atoms with E-state index >= 15 is 0 Å². The van der Waals surface area contributed by atoms with Crippen LogP contribution in [-0.2, 0) is 12.3 Å². The summed E-state index contributed by atoms with van der Waals surface area (Å²) in [6.45, 7) is 5.13. The van der Waals surface area contributed by atoms with E-state index in [9.17, 15) is 9.59 Å².